The van der Waals surface area contributed by atoms with Gasteiger partial charge in [-0.15, -0.1) is 11.3 Å². The van der Waals surface area contributed by atoms with E-state index in [0.717, 1.165) is 49.5 Å². The quantitative estimate of drug-likeness (QED) is 0.339. The molecule has 0 aliphatic rings. The minimum atomic E-state index is -0.669. The molecule has 5 aromatic rings. The van der Waals surface area contributed by atoms with Gasteiger partial charge < -0.3 is 10.4 Å². The molecule has 5 rings (SSSR count). The van der Waals surface area contributed by atoms with Crippen LogP contribution in [0, 0.1) is 6.92 Å². The molecule has 0 spiro atoms. The maximum Gasteiger partial charge on any atom is 0.123 e. The smallest absolute Gasteiger partial charge is 0.123 e. The number of fused-ring (bicyclic) bond motifs is 1. The maximum atomic E-state index is 10.9. The number of aliphatic hydroxyl groups excluding tert-OH is 1. The lowest BCUT2D eigenvalue weighted by molar-refractivity contribution is 0.219. The summed E-state index contributed by atoms with van der Waals surface area (Å²) in [6, 6.07) is 24.0. The number of aryl methyl sites for hydroxylation is 1. The third-order valence-electron chi connectivity index (χ3n) is 5.39. The van der Waals surface area contributed by atoms with Crippen molar-refractivity contribution in [3.05, 3.63) is 107 Å². The Bertz CT molecular complexity index is 1330. The van der Waals surface area contributed by atoms with Crippen molar-refractivity contribution in [3.8, 4) is 10.6 Å². The van der Waals surface area contributed by atoms with Crippen molar-refractivity contribution >= 4 is 33.6 Å². The highest BCUT2D eigenvalue weighted by Gasteiger charge is 2.14. The Morgan fingerprint density at radius 3 is 2.58 bits per heavy atom. The van der Waals surface area contributed by atoms with E-state index in [-0.39, 0.29) is 0 Å². The molecule has 0 amide bonds. The topological polar surface area (TPSA) is 58.0 Å². The highest BCUT2D eigenvalue weighted by atomic mass is 32.1. The van der Waals surface area contributed by atoms with E-state index in [1.807, 2.05) is 79.3 Å². The number of nitrogens with one attached hydrogen (secondary N) is 1. The zero-order valence-corrected chi connectivity index (χ0v) is 17.8. The first-order chi connectivity index (χ1) is 15.2. The van der Waals surface area contributed by atoms with Crippen LogP contribution in [0.15, 0.2) is 90.6 Å². The van der Waals surface area contributed by atoms with Crippen LogP contribution in [0.3, 0.4) is 0 Å². The number of aromatic nitrogens is 2. The van der Waals surface area contributed by atoms with Crippen molar-refractivity contribution in [1.29, 1.82) is 0 Å². The van der Waals surface area contributed by atoms with Gasteiger partial charge in [0.15, 0.2) is 0 Å². The standard InChI is InChI=1S/C26H21N3OS/c1-17-7-9-20(16-22(17)25(30)18-5-3-2-4-6-18)29-23-11-12-27-24-15-19(8-10-21(23)24)26-28-13-14-31-26/h2-16,25,30H,1H3,(H,27,29). The molecule has 2 aromatic heterocycles. The number of hydrogen-bond donors (Lipinski definition) is 2. The zero-order chi connectivity index (χ0) is 21.2. The van der Waals surface area contributed by atoms with Gasteiger partial charge in [-0.1, -0.05) is 48.5 Å². The second kappa shape index (κ2) is 8.30. The van der Waals surface area contributed by atoms with E-state index in [0.29, 0.717) is 0 Å². The van der Waals surface area contributed by atoms with Gasteiger partial charge in [0.05, 0.1) is 5.52 Å². The summed E-state index contributed by atoms with van der Waals surface area (Å²) in [6.07, 6.45) is 2.96. The lowest BCUT2D eigenvalue weighted by atomic mass is 9.97. The average molecular weight is 424 g/mol. The lowest BCUT2D eigenvalue weighted by Gasteiger charge is -2.17. The minimum Gasteiger partial charge on any atom is -0.384 e. The monoisotopic (exact) mass is 423 g/mol. The molecule has 31 heavy (non-hydrogen) atoms. The molecule has 0 fully saturated rings. The Morgan fingerprint density at radius 1 is 0.903 bits per heavy atom. The van der Waals surface area contributed by atoms with Crippen molar-refractivity contribution in [2.24, 2.45) is 0 Å². The van der Waals surface area contributed by atoms with Crippen molar-refractivity contribution in [3.63, 3.8) is 0 Å². The highest BCUT2D eigenvalue weighted by Crippen LogP contribution is 2.32. The first-order valence-corrected chi connectivity index (χ1v) is 11.0. The zero-order valence-electron chi connectivity index (χ0n) is 17.0. The number of rotatable bonds is 5. The number of aliphatic hydroxyl groups is 1. The third kappa shape index (κ3) is 3.93. The normalized spacial score (nSPS) is 12.1. The van der Waals surface area contributed by atoms with Crippen LogP contribution in [0.1, 0.15) is 22.8 Å². The first kappa shape index (κ1) is 19.4. The molecular weight excluding hydrogens is 402 g/mol. The van der Waals surface area contributed by atoms with E-state index in [2.05, 4.69) is 33.5 Å². The second-order valence-corrected chi connectivity index (χ2v) is 8.33. The molecule has 1 atom stereocenters. The number of nitrogens with zero attached hydrogens (tertiary/aromatic N) is 2. The fourth-order valence-corrected chi connectivity index (χ4v) is 4.37. The third-order valence-corrected chi connectivity index (χ3v) is 6.21. The first-order valence-electron chi connectivity index (χ1n) is 10.1. The molecule has 4 nitrogen and oxygen atoms in total. The summed E-state index contributed by atoms with van der Waals surface area (Å²) in [5, 5.41) is 18.4. The van der Waals surface area contributed by atoms with E-state index in [1.54, 1.807) is 11.3 Å². The predicted octanol–water partition coefficient (Wildman–Crippen LogP) is 6.49. The Kier molecular flexibility index (Phi) is 5.20. The van der Waals surface area contributed by atoms with Crippen LogP contribution in [0.4, 0.5) is 11.4 Å². The molecule has 2 N–H and O–H groups in total. The van der Waals surface area contributed by atoms with Crippen molar-refractivity contribution in [2.75, 3.05) is 5.32 Å². The summed E-state index contributed by atoms with van der Waals surface area (Å²) in [5.74, 6) is 0. The number of thiazole rings is 1. The molecule has 0 saturated carbocycles. The number of pyridine rings is 1. The fourth-order valence-electron chi connectivity index (χ4n) is 3.74. The SMILES string of the molecule is Cc1ccc(Nc2ccnc3cc(-c4nccs4)ccc23)cc1C(O)c1ccccc1. The number of anilines is 2. The summed E-state index contributed by atoms with van der Waals surface area (Å²) < 4.78 is 0. The van der Waals surface area contributed by atoms with Gasteiger partial charge in [-0.2, -0.15) is 0 Å². The molecule has 0 bridgehead atoms. The Balaban J connectivity index is 1.48. The molecule has 152 valence electrons. The predicted molar refractivity (Wildman–Crippen MR) is 128 cm³/mol. The Hall–Kier alpha value is -3.54. The van der Waals surface area contributed by atoms with Gasteiger partial charge in [0.1, 0.15) is 11.1 Å². The largest absolute Gasteiger partial charge is 0.384 e. The van der Waals surface area contributed by atoms with Crippen LogP contribution in [-0.2, 0) is 0 Å². The lowest BCUT2D eigenvalue weighted by Crippen LogP contribution is -2.03. The van der Waals surface area contributed by atoms with Gasteiger partial charge in [-0.05, 0) is 47.9 Å². The average Bonchev–Trinajstić information content (AvgIpc) is 3.35. The van der Waals surface area contributed by atoms with Crippen LogP contribution < -0.4 is 5.32 Å². The number of benzene rings is 3. The van der Waals surface area contributed by atoms with Gasteiger partial charge in [-0.25, -0.2) is 4.98 Å². The van der Waals surface area contributed by atoms with Crippen molar-refractivity contribution < 1.29 is 5.11 Å². The molecule has 5 heteroatoms. The van der Waals surface area contributed by atoms with Crippen molar-refractivity contribution in [2.45, 2.75) is 13.0 Å². The molecule has 1 unspecified atom stereocenters. The van der Waals surface area contributed by atoms with Gasteiger partial charge in [0.25, 0.3) is 0 Å². The van der Waals surface area contributed by atoms with Gasteiger partial charge in [-0.3, -0.25) is 4.98 Å². The summed E-state index contributed by atoms with van der Waals surface area (Å²) >= 11 is 1.62. The van der Waals surface area contributed by atoms with Crippen LogP contribution in [0.25, 0.3) is 21.5 Å². The van der Waals surface area contributed by atoms with Gasteiger partial charge >= 0.3 is 0 Å². The van der Waals surface area contributed by atoms with E-state index >= 15 is 0 Å². The summed E-state index contributed by atoms with van der Waals surface area (Å²) in [6.45, 7) is 2.02. The molecule has 0 saturated heterocycles. The number of hydrogen-bond acceptors (Lipinski definition) is 5. The van der Waals surface area contributed by atoms with Crippen LogP contribution in [0.2, 0.25) is 0 Å². The van der Waals surface area contributed by atoms with E-state index in [1.165, 1.54) is 0 Å². The fraction of sp³-hybridized carbons (Fsp3) is 0.0769. The van der Waals surface area contributed by atoms with Crippen molar-refractivity contribution in [1.82, 2.24) is 9.97 Å². The van der Waals surface area contributed by atoms with Crippen LogP contribution >= 0.6 is 11.3 Å². The molecule has 3 aromatic carbocycles. The molecule has 0 aliphatic carbocycles. The molecule has 0 radical (unpaired) electrons. The van der Waals surface area contributed by atoms with Crippen LogP contribution in [-0.4, -0.2) is 15.1 Å². The molecule has 2 heterocycles. The van der Waals surface area contributed by atoms with Gasteiger partial charge in [0.2, 0.25) is 0 Å². The van der Waals surface area contributed by atoms with E-state index < -0.39 is 6.10 Å². The Morgan fingerprint density at radius 2 is 1.77 bits per heavy atom. The van der Waals surface area contributed by atoms with E-state index in [4.69, 9.17) is 0 Å². The van der Waals surface area contributed by atoms with E-state index in [9.17, 15) is 5.11 Å². The summed E-state index contributed by atoms with van der Waals surface area (Å²) in [4.78, 5) is 8.94. The highest BCUT2D eigenvalue weighted by molar-refractivity contribution is 7.13. The molecule has 0 aliphatic heterocycles. The molecular formula is C26H21N3OS. The summed E-state index contributed by atoms with van der Waals surface area (Å²) in [5.41, 5.74) is 6.69. The Labute approximate surface area is 184 Å². The summed E-state index contributed by atoms with van der Waals surface area (Å²) in [7, 11) is 0. The maximum absolute atomic E-state index is 10.9. The van der Waals surface area contributed by atoms with Gasteiger partial charge in [0, 0.05) is 40.1 Å². The minimum absolute atomic E-state index is 0.669. The second-order valence-electron chi connectivity index (χ2n) is 7.44. The van der Waals surface area contributed by atoms with Crippen LogP contribution in [0.5, 0.6) is 0 Å².